The summed E-state index contributed by atoms with van der Waals surface area (Å²) in [5.41, 5.74) is 7.86. The number of carbonyl (C=O) groups excluding carboxylic acids is 3. The van der Waals surface area contributed by atoms with E-state index in [-0.39, 0.29) is 24.7 Å². The first kappa shape index (κ1) is 29.8. The van der Waals surface area contributed by atoms with Gasteiger partial charge in [0.15, 0.2) is 0 Å². The highest BCUT2D eigenvalue weighted by atomic mass is 16.4. The number of H-pyrrole nitrogens is 1. The summed E-state index contributed by atoms with van der Waals surface area (Å²) in [6.45, 7) is 8.36. The van der Waals surface area contributed by atoms with Gasteiger partial charge in [-0.2, -0.15) is 0 Å². The molecule has 0 saturated heterocycles. The molecule has 1 aromatic carbocycles. The minimum absolute atomic E-state index is 0.0115. The number of nitrogens with one attached hydrogen (secondary N) is 4. The van der Waals surface area contributed by atoms with Crippen LogP contribution in [0.4, 0.5) is 0 Å². The van der Waals surface area contributed by atoms with Gasteiger partial charge in [-0.25, -0.2) is 4.79 Å². The number of hydrogen-bond acceptors (Lipinski definition) is 6. The second-order valence-corrected chi connectivity index (χ2v) is 10.2. The van der Waals surface area contributed by atoms with Gasteiger partial charge < -0.3 is 36.9 Å². The molecule has 8 N–H and O–H groups in total. The van der Waals surface area contributed by atoms with Gasteiger partial charge >= 0.3 is 5.97 Å². The van der Waals surface area contributed by atoms with E-state index in [1.807, 2.05) is 38.1 Å². The van der Waals surface area contributed by atoms with Gasteiger partial charge in [-0.15, -0.1) is 0 Å². The number of aliphatic hydroxyl groups excluding tert-OH is 1. The zero-order chi connectivity index (χ0) is 27.9. The molecule has 1 heterocycles. The van der Waals surface area contributed by atoms with Gasteiger partial charge in [-0.05, 0) is 43.2 Å². The molecular formula is C26H39N5O6. The Hall–Kier alpha value is -3.44. The van der Waals surface area contributed by atoms with Crippen molar-refractivity contribution in [3.05, 3.63) is 36.0 Å². The van der Waals surface area contributed by atoms with Crippen LogP contribution in [0.25, 0.3) is 10.9 Å². The standard InChI is InChI=1S/C26H39N5O6/c1-13(2)10-20(24(34)30-21(14(3)4)26(36)37)29-25(35)22(15(5)32)31-23(33)18(27)11-16-12-28-19-9-7-6-8-17(16)19/h6-9,12-15,18,20-22,28,32H,10-11,27H2,1-5H3,(H,29,35)(H,30,34)(H,31,33)(H,36,37). The fourth-order valence-corrected chi connectivity index (χ4v) is 4.03. The molecule has 1 aromatic heterocycles. The third-order valence-electron chi connectivity index (χ3n) is 6.08. The first-order valence-corrected chi connectivity index (χ1v) is 12.4. The van der Waals surface area contributed by atoms with Crippen LogP contribution in [0.3, 0.4) is 0 Å². The number of aromatic amines is 1. The summed E-state index contributed by atoms with van der Waals surface area (Å²) >= 11 is 0. The Morgan fingerprint density at radius 1 is 0.919 bits per heavy atom. The monoisotopic (exact) mass is 517 g/mol. The maximum atomic E-state index is 13.1. The normalized spacial score (nSPS) is 15.6. The highest BCUT2D eigenvalue weighted by Gasteiger charge is 2.33. The molecule has 11 nitrogen and oxygen atoms in total. The van der Waals surface area contributed by atoms with Gasteiger partial charge in [0, 0.05) is 17.1 Å². The number of carbonyl (C=O) groups is 4. The SMILES string of the molecule is CC(C)CC(NC(=O)C(NC(=O)C(N)Cc1c[nH]c2ccccc12)C(C)O)C(=O)NC(C(=O)O)C(C)C. The molecule has 0 bridgehead atoms. The van der Waals surface area contributed by atoms with Gasteiger partial charge in [-0.3, -0.25) is 14.4 Å². The maximum absolute atomic E-state index is 13.1. The van der Waals surface area contributed by atoms with E-state index in [4.69, 9.17) is 5.73 Å². The molecule has 0 radical (unpaired) electrons. The summed E-state index contributed by atoms with van der Waals surface area (Å²) in [5.74, 6) is -3.64. The van der Waals surface area contributed by atoms with Crippen molar-refractivity contribution in [3.8, 4) is 0 Å². The number of para-hydroxylation sites is 1. The largest absolute Gasteiger partial charge is 0.480 e. The third kappa shape index (κ3) is 8.29. The number of aromatic nitrogens is 1. The zero-order valence-corrected chi connectivity index (χ0v) is 21.9. The number of hydrogen-bond donors (Lipinski definition) is 7. The number of benzene rings is 1. The van der Waals surface area contributed by atoms with Crippen LogP contribution in [0.2, 0.25) is 0 Å². The molecule has 0 fully saturated rings. The Balaban J connectivity index is 2.11. The number of rotatable bonds is 13. The number of amides is 3. The van der Waals surface area contributed by atoms with Crippen molar-refractivity contribution >= 4 is 34.6 Å². The summed E-state index contributed by atoms with van der Waals surface area (Å²) in [6.07, 6.45) is 0.916. The van der Waals surface area contributed by atoms with Gasteiger partial charge in [0.1, 0.15) is 18.1 Å². The van der Waals surface area contributed by atoms with E-state index in [9.17, 15) is 29.4 Å². The summed E-state index contributed by atoms with van der Waals surface area (Å²) in [4.78, 5) is 53.4. The average Bonchev–Trinajstić information content (AvgIpc) is 3.21. The Labute approximate surface area is 216 Å². The lowest BCUT2D eigenvalue weighted by atomic mass is 9.99. The second kappa shape index (κ2) is 13.2. The highest BCUT2D eigenvalue weighted by molar-refractivity contribution is 5.94. The highest BCUT2D eigenvalue weighted by Crippen LogP contribution is 2.19. The van der Waals surface area contributed by atoms with Crippen molar-refractivity contribution in [3.63, 3.8) is 0 Å². The van der Waals surface area contributed by atoms with Gasteiger partial charge in [0.2, 0.25) is 17.7 Å². The van der Waals surface area contributed by atoms with Gasteiger partial charge in [-0.1, -0.05) is 45.9 Å². The van der Waals surface area contributed by atoms with E-state index in [1.165, 1.54) is 6.92 Å². The number of aliphatic hydroxyl groups is 1. The Morgan fingerprint density at radius 3 is 2.11 bits per heavy atom. The van der Waals surface area contributed by atoms with Crippen molar-refractivity contribution in [2.24, 2.45) is 17.6 Å². The van der Waals surface area contributed by atoms with Crippen molar-refractivity contribution in [1.82, 2.24) is 20.9 Å². The zero-order valence-electron chi connectivity index (χ0n) is 21.9. The Morgan fingerprint density at radius 2 is 1.54 bits per heavy atom. The smallest absolute Gasteiger partial charge is 0.326 e. The van der Waals surface area contributed by atoms with Gasteiger partial charge in [0.25, 0.3) is 0 Å². The van der Waals surface area contributed by atoms with Crippen LogP contribution in [0.5, 0.6) is 0 Å². The second-order valence-electron chi connectivity index (χ2n) is 10.2. The lowest BCUT2D eigenvalue weighted by Gasteiger charge is -2.27. The summed E-state index contributed by atoms with van der Waals surface area (Å²) < 4.78 is 0. The van der Waals surface area contributed by atoms with Crippen molar-refractivity contribution in [1.29, 1.82) is 0 Å². The molecule has 0 spiro atoms. The van der Waals surface area contributed by atoms with Crippen molar-refractivity contribution in [2.45, 2.75) is 77.7 Å². The molecular weight excluding hydrogens is 478 g/mol. The van der Waals surface area contributed by atoms with Crippen LogP contribution < -0.4 is 21.7 Å². The first-order chi connectivity index (χ1) is 17.3. The van der Waals surface area contributed by atoms with Crippen molar-refractivity contribution in [2.75, 3.05) is 0 Å². The Bertz CT molecular complexity index is 1100. The quantitative estimate of drug-likeness (QED) is 0.203. The molecule has 2 rings (SSSR count). The van der Waals surface area contributed by atoms with Crippen LogP contribution in [0.15, 0.2) is 30.5 Å². The number of fused-ring (bicyclic) bond motifs is 1. The molecule has 2 aromatic rings. The predicted molar refractivity (Wildman–Crippen MR) is 139 cm³/mol. The number of aliphatic carboxylic acids is 1. The topological polar surface area (TPSA) is 187 Å². The molecule has 37 heavy (non-hydrogen) atoms. The van der Waals surface area contributed by atoms with Crippen LogP contribution in [0, 0.1) is 11.8 Å². The number of nitrogens with two attached hydrogens (primary N) is 1. The summed E-state index contributed by atoms with van der Waals surface area (Å²) in [7, 11) is 0. The summed E-state index contributed by atoms with van der Waals surface area (Å²) in [5, 5.41) is 28.1. The van der Waals surface area contributed by atoms with Crippen LogP contribution in [-0.4, -0.2) is 69.2 Å². The van der Waals surface area contributed by atoms with Crippen molar-refractivity contribution < 1.29 is 29.4 Å². The molecule has 11 heteroatoms. The fourth-order valence-electron chi connectivity index (χ4n) is 4.03. The molecule has 204 valence electrons. The molecule has 5 atom stereocenters. The molecule has 0 saturated carbocycles. The minimum atomic E-state index is -1.37. The minimum Gasteiger partial charge on any atom is -0.480 e. The molecule has 0 aliphatic rings. The first-order valence-electron chi connectivity index (χ1n) is 12.4. The van der Waals surface area contributed by atoms with E-state index in [2.05, 4.69) is 20.9 Å². The molecule has 5 unspecified atom stereocenters. The van der Waals surface area contributed by atoms with Gasteiger partial charge in [0.05, 0.1) is 12.1 Å². The third-order valence-corrected chi connectivity index (χ3v) is 6.08. The lowest BCUT2D eigenvalue weighted by Crippen LogP contribution is -2.60. The lowest BCUT2D eigenvalue weighted by molar-refractivity contribution is -0.143. The van der Waals surface area contributed by atoms with E-state index >= 15 is 0 Å². The van der Waals surface area contributed by atoms with E-state index in [0.717, 1.165) is 16.5 Å². The average molecular weight is 518 g/mol. The summed E-state index contributed by atoms with van der Waals surface area (Å²) in [6, 6.07) is 3.02. The van der Waals surface area contributed by atoms with E-state index in [0.29, 0.717) is 0 Å². The van der Waals surface area contributed by atoms with Crippen LogP contribution in [-0.2, 0) is 25.6 Å². The van der Waals surface area contributed by atoms with Crippen LogP contribution in [0.1, 0.15) is 46.6 Å². The maximum Gasteiger partial charge on any atom is 0.326 e. The molecule has 0 aliphatic heterocycles. The number of carboxylic acids is 1. The molecule has 0 aliphatic carbocycles. The fraction of sp³-hybridized carbons (Fsp3) is 0.538. The van der Waals surface area contributed by atoms with E-state index in [1.54, 1.807) is 20.0 Å². The van der Waals surface area contributed by atoms with Crippen LogP contribution >= 0.6 is 0 Å². The Kier molecular flexibility index (Phi) is 10.6. The van der Waals surface area contributed by atoms with E-state index < -0.39 is 54.0 Å². The number of carboxylic acid groups (broad SMARTS) is 1. The predicted octanol–water partition coefficient (Wildman–Crippen LogP) is 0.660. The molecule has 3 amide bonds.